The number of aryl methyl sites for hydroxylation is 1. The van der Waals surface area contributed by atoms with E-state index >= 15 is 0 Å². The summed E-state index contributed by atoms with van der Waals surface area (Å²) in [5.41, 5.74) is 2.44. The van der Waals surface area contributed by atoms with E-state index in [2.05, 4.69) is 20.8 Å². The average Bonchev–Trinajstić information content (AvgIpc) is 3.29. The number of nitrogens with one attached hydrogen (secondary N) is 2. The zero-order valence-corrected chi connectivity index (χ0v) is 22.0. The zero-order chi connectivity index (χ0) is 25.2. The number of methoxy groups -OCH3 is 1. The Morgan fingerprint density at radius 1 is 1.09 bits per heavy atom. The molecule has 0 aliphatic heterocycles. The summed E-state index contributed by atoms with van der Waals surface area (Å²) in [4.78, 5) is 25.4. The molecule has 2 N–H and O–H groups in total. The van der Waals surface area contributed by atoms with Gasteiger partial charge in [0.2, 0.25) is 5.91 Å². The van der Waals surface area contributed by atoms with Crippen LogP contribution in [0.2, 0.25) is 0 Å². The molecular weight excluding hydrogens is 482 g/mol. The van der Waals surface area contributed by atoms with Crippen molar-refractivity contribution in [3.63, 3.8) is 0 Å². The zero-order valence-electron chi connectivity index (χ0n) is 20.4. The van der Waals surface area contributed by atoms with Gasteiger partial charge in [-0.1, -0.05) is 29.5 Å². The Balaban J connectivity index is 1.70. The smallest absolute Gasteiger partial charge is 0.251 e. The van der Waals surface area contributed by atoms with Crippen molar-refractivity contribution in [3.05, 3.63) is 65.5 Å². The van der Waals surface area contributed by atoms with E-state index in [0.717, 1.165) is 17.0 Å². The summed E-state index contributed by atoms with van der Waals surface area (Å²) in [5.74, 6) is 2.14. The van der Waals surface area contributed by atoms with Crippen LogP contribution in [0.1, 0.15) is 41.1 Å². The van der Waals surface area contributed by atoms with Gasteiger partial charge in [0.15, 0.2) is 11.0 Å². The molecule has 0 saturated carbocycles. The summed E-state index contributed by atoms with van der Waals surface area (Å²) < 4.78 is 7.14. The Hall–Kier alpha value is -2.98. The third-order valence-corrected chi connectivity index (χ3v) is 6.92. The molecule has 1 aromatic heterocycles. The van der Waals surface area contributed by atoms with Gasteiger partial charge in [0.25, 0.3) is 5.91 Å². The highest BCUT2D eigenvalue weighted by molar-refractivity contribution is 7.99. The van der Waals surface area contributed by atoms with Gasteiger partial charge in [-0.3, -0.25) is 9.59 Å². The van der Waals surface area contributed by atoms with E-state index in [1.807, 2.05) is 48.9 Å². The third-order valence-electron chi connectivity index (χ3n) is 5.31. The van der Waals surface area contributed by atoms with Gasteiger partial charge in [0.1, 0.15) is 5.75 Å². The van der Waals surface area contributed by atoms with Crippen molar-refractivity contribution in [1.29, 1.82) is 0 Å². The SMILES string of the molecule is CCn1c(SCC(=O)Nc2ccc(C)cc2)nnc1[C@@H](CCSC)NC(=O)c1ccc(OC)cc1. The molecule has 0 aliphatic carbocycles. The number of amides is 2. The molecule has 1 atom stereocenters. The maximum atomic E-state index is 12.9. The number of hydrogen-bond acceptors (Lipinski definition) is 7. The normalized spacial score (nSPS) is 11.7. The number of anilines is 1. The van der Waals surface area contributed by atoms with E-state index in [-0.39, 0.29) is 23.6 Å². The van der Waals surface area contributed by atoms with E-state index in [4.69, 9.17) is 4.74 Å². The van der Waals surface area contributed by atoms with Gasteiger partial charge in [-0.25, -0.2) is 0 Å². The molecule has 0 unspecified atom stereocenters. The predicted octanol–water partition coefficient (Wildman–Crippen LogP) is 4.57. The second-order valence-electron chi connectivity index (χ2n) is 7.82. The molecule has 2 aromatic carbocycles. The molecule has 186 valence electrons. The predicted molar refractivity (Wildman–Crippen MR) is 142 cm³/mol. The summed E-state index contributed by atoms with van der Waals surface area (Å²) in [7, 11) is 1.59. The van der Waals surface area contributed by atoms with Crippen LogP contribution in [0.15, 0.2) is 53.7 Å². The van der Waals surface area contributed by atoms with Gasteiger partial charge in [0.05, 0.1) is 18.9 Å². The summed E-state index contributed by atoms with van der Waals surface area (Å²) in [6.07, 6.45) is 2.74. The lowest BCUT2D eigenvalue weighted by molar-refractivity contribution is -0.113. The lowest BCUT2D eigenvalue weighted by Gasteiger charge is -2.19. The monoisotopic (exact) mass is 513 g/mol. The quantitative estimate of drug-likeness (QED) is 0.342. The van der Waals surface area contributed by atoms with Crippen LogP contribution in [-0.4, -0.2) is 51.5 Å². The fourth-order valence-electron chi connectivity index (χ4n) is 3.41. The first-order valence-electron chi connectivity index (χ1n) is 11.3. The van der Waals surface area contributed by atoms with Gasteiger partial charge in [-0.15, -0.1) is 10.2 Å². The number of thioether (sulfide) groups is 2. The topological polar surface area (TPSA) is 98.1 Å². The number of carbonyl (C=O) groups is 2. The van der Waals surface area contributed by atoms with Crippen molar-refractivity contribution in [3.8, 4) is 5.75 Å². The Kier molecular flexibility index (Phi) is 10.0. The molecule has 3 aromatic rings. The van der Waals surface area contributed by atoms with Crippen LogP contribution < -0.4 is 15.4 Å². The van der Waals surface area contributed by atoms with Crippen LogP contribution in [0.5, 0.6) is 5.75 Å². The van der Waals surface area contributed by atoms with E-state index in [9.17, 15) is 9.59 Å². The van der Waals surface area contributed by atoms with Gasteiger partial charge >= 0.3 is 0 Å². The average molecular weight is 514 g/mol. The van der Waals surface area contributed by atoms with Crippen molar-refractivity contribution in [2.24, 2.45) is 0 Å². The Bertz CT molecular complexity index is 1120. The van der Waals surface area contributed by atoms with E-state index in [1.54, 1.807) is 43.1 Å². The molecule has 0 saturated heterocycles. The molecule has 35 heavy (non-hydrogen) atoms. The molecule has 0 fully saturated rings. The van der Waals surface area contributed by atoms with Crippen molar-refractivity contribution >= 4 is 41.0 Å². The van der Waals surface area contributed by atoms with Crippen molar-refractivity contribution in [1.82, 2.24) is 20.1 Å². The van der Waals surface area contributed by atoms with Crippen molar-refractivity contribution in [2.45, 2.75) is 38.0 Å². The lowest BCUT2D eigenvalue weighted by atomic mass is 10.1. The van der Waals surface area contributed by atoms with Gasteiger partial charge < -0.3 is 19.9 Å². The fraction of sp³-hybridized carbons (Fsp3) is 0.360. The maximum absolute atomic E-state index is 12.9. The highest BCUT2D eigenvalue weighted by Gasteiger charge is 2.23. The minimum Gasteiger partial charge on any atom is -0.497 e. The molecule has 8 nitrogen and oxygen atoms in total. The molecule has 0 bridgehead atoms. The first-order chi connectivity index (χ1) is 16.9. The highest BCUT2D eigenvalue weighted by atomic mass is 32.2. The van der Waals surface area contributed by atoms with Gasteiger partial charge in [-0.2, -0.15) is 11.8 Å². The largest absolute Gasteiger partial charge is 0.497 e. The van der Waals surface area contributed by atoms with E-state index in [0.29, 0.717) is 35.3 Å². The number of nitrogens with zero attached hydrogens (tertiary/aromatic N) is 3. The molecular formula is C25H31N5O3S2. The summed E-state index contributed by atoms with van der Waals surface area (Å²) in [5, 5.41) is 15.4. The second-order valence-corrected chi connectivity index (χ2v) is 9.75. The number of rotatable bonds is 12. The molecule has 0 spiro atoms. The minimum atomic E-state index is -0.305. The molecule has 10 heteroatoms. The van der Waals surface area contributed by atoms with E-state index < -0.39 is 0 Å². The number of ether oxygens (including phenoxy) is 1. The van der Waals surface area contributed by atoms with Gasteiger partial charge in [0, 0.05) is 17.8 Å². The number of benzene rings is 2. The van der Waals surface area contributed by atoms with Crippen molar-refractivity contribution in [2.75, 3.05) is 30.2 Å². The van der Waals surface area contributed by atoms with Crippen LogP contribution in [0, 0.1) is 6.92 Å². The number of hydrogen-bond donors (Lipinski definition) is 2. The van der Waals surface area contributed by atoms with Crippen molar-refractivity contribution < 1.29 is 14.3 Å². The summed E-state index contributed by atoms with van der Waals surface area (Å²) in [6, 6.07) is 14.4. The standard InChI is InChI=1S/C25H31N5O3S2/c1-5-30-23(21(14-15-34-4)27-24(32)18-8-12-20(33-3)13-9-18)28-29-25(30)35-16-22(31)26-19-10-6-17(2)7-11-19/h6-13,21H,5,14-16H2,1-4H3,(H,26,31)(H,27,32)/t21-/m1/s1. The molecule has 0 aliphatic rings. The Morgan fingerprint density at radius 2 is 1.80 bits per heavy atom. The molecule has 1 heterocycles. The second kappa shape index (κ2) is 13.2. The van der Waals surface area contributed by atoms with Crippen LogP contribution in [0.3, 0.4) is 0 Å². The highest BCUT2D eigenvalue weighted by Crippen LogP contribution is 2.24. The van der Waals surface area contributed by atoms with Crippen LogP contribution in [0.4, 0.5) is 5.69 Å². The van der Waals surface area contributed by atoms with E-state index in [1.165, 1.54) is 11.8 Å². The van der Waals surface area contributed by atoms with Gasteiger partial charge in [-0.05, 0) is 68.7 Å². The summed E-state index contributed by atoms with van der Waals surface area (Å²) in [6.45, 7) is 4.63. The fourth-order valence-corrected chi connectivity index (χ4v) is 4.69. The summed E-state index contributed by atoms with van der Waals surface area (Å²) >= 11 is 3.03. The number of aromatic nitrogens is 3. The first kappa shape index (κ1) is 26.6. The van der Waals surface area contributed by atoms with Crippen LogP contribution in [0.25, 0.3) is 0 Å². The Labute approximate surface area is 214 Å². The Morgan fingerprint density at radius 3 is 2.43 bits per heavy atom. The molecule has 3 rings (SSSR count). The maximum Gasteiger partial charge on any atom is 0.251 e. The minimum absolute atomic E-state index is 0.113. The number of carbonyl (C=O) groups excluding carboxylic acids is 2. The first-order valence-corrected chi connectivity index (χ1v) is 13.7. The lowest BCUT2D eigenvalue weighted by Crippen LogP contribution is -2.31. The molecule has 0 radical (unpaired) electrons. The van der Waals surface area contributed by atoms with Crippen LogP contribution in [-0.2, 0) is 11.3 Å². The van der Waals surface area contributed by atoms with Crippen LogP contribution >= 0.6 is 23.5 Å². The third kappa shape index (κ3) is 7.50. The molecule has 2 amide bonds.